The van der Waals surface area contributed by atoms with Gasteiger partial charge in [0.15, 0.2) is 0 Å². The van der Waals surface area contributed by atoms with Crippen LogP contribution in [0.1, 0.15) is 5.69 Å². The lowest BCUT2D eigenvalue weighted by Gasteiger charge is -2.08. The van der Waals surface area contributed by atoms with Gasteiger partial charge in [-0.1, -0.05) is 18.2 Å². The zero-order valence-electron chi connectivity index (χ0n) is 12.4. The van der Waals surface area contributed by atoms with E-state index in [1.807, 2.05) is 5.10 Å². The van der Waals surface area contributed by atoms with Gasteiger partial charge in [-0.05, 0) is 24.3 Å². The standard InChI is InChI=1S/C15H11F3N4O2S/c16-15(17,18)14-12(11-3-1-2-8-20-11)13(21-22-14)9-4-6-10(7-5-9)25(19,23)24/h1-8H,(H,21,22)(H2,19,23,24). The van der Waals surface area contributed by atoms with Gasteiger partial charge in [-0.2, -0.15) is 18.3 Å². The number of nitrogens with two attached hydrogens (primary N) is 1. The monoisotopic (exact) mass is 368 g/mol. The molecule has 3 rings (SSSR count). The number of hydrogen-bond acceptors (Lipinski definition) is 4. The summed E-state index contributed by atoms with van der Waals surface area (Å²) in [5.74, 6) is 0. The number of nitrogens with one attached hydrogen (secondary N) is 1. The number of nitrogens with zero attached hydrogens (tertiary/aromatic N) is 2. The van der Waals surface area contributed by atoms with Crippen molar-refractivity contribution >= 4 is 10.0 Å². The van der Waals surface area contributed by atoms with E-state index in [1.165, 1.54) is 36.5 Å². The molecule has 0 aliphatic carbocycles. The van der Waals surface area contributed by atoms with Crippen LogP contribution in [0.5, 0.6) is 0 Å². The maximum Gasteiger partial charge on any atom is 0.433 e. The number of hydrogen-bond donors (Lipinski definition) is 2. The van der Waals surface area contributed by atoms with E-state index in [4.69, 9.17) is 5.14 Å². The minimum Gasteiger partial charge on any atom is -0.272 e. The predicted octanol–water partition coefficient (Wildman–Crippen LogP) is 2.80. The average Bonchev–Trinajstić information content (AvgIpc) is 3.00. The van der Waals surface area contributed by atoms with Gasteiger partial charge in [0, 0.05) is 11.8 Å². The minimum absolute atomic E-state index is 0.00648. The van der Waals surface area contributed by atoms with E-state index in [0.29, 0.717) is 5.56 Å². The first-order valence-electron chi connectivity index (χ1n) is 6.88. The molecule has 2 heterocycles. The summed E-state index contributed by atoms with van der Waals surface area (Å²) in [4.78, 5) is 3.81. The fourth-order valence-electron chi connectivity index (χ4n) is 2.32. The van der Waals surface area contributed by atoms with Crippen LogP contribution in [0.25, 0.3) is 22.5 Å². The molecule has 0 spiro atoms. The Hall–Kier alpha value is -2.72. The second-order valence-electron chi connectivity index (χ2n) is 5.10. The second-order valence-corrected chi connectivity index (χ2v) is 6.67. The molecule has 0 atom stereocenters. The SMILES string of the molecule is NS(=O)(=O)c1ccc(-c2n[nH]c(C(F)(F)F)c2-c2ccccn2)cc1. The number of primary sulfonamides is 1. The first-order chi connectivity index (χ1) is 11.7. The molecule has 2 aromatic heterocycles. The van der Waals surface area contributed by atoms with Gasteiger partial charge in [0.25, 0.3) is 0 Å². The minimum atomic E-state index is -4.65. The summed E-state index contributed by atoms with van der Waals surface area (Å²) in [6.45, 7) is 0. The van der Waals surface area contributed by atoms with Gasteiger partial charge in [0.2, 0.25) is 10.0 Å². The first-order valence-corrected chi connectivity index (χ1v) is 8.43. The van der Waals surface area contributed by atoms with E-state index in [2.05, 4.69) is 10.1 Å². The Kier molecular flexibility index (Phi) is 4.09. The molecule has 0 aliphatic rings. The summed E-state index contributed by atoms with van der Waals surface area (Å²) in [7, 11) is -3.90. The summed E-state index contributed by atoms with van der Waals surface area (Å²) >= 11 is 0. The number of alkyl halides is 3. The lowest BCUT2D eigenvalue weighted by molar-refractivity contribution is -0.140. The smallest absolute Gasteiger partial charge is 0.272 e. The van der Waals surface area contributed by atoms with Crippen LogP contribution in [0.15, 0.2) is 53.6 Å². The summed E-state index contributed by atoms with van der Waals surface area (Å²) in [5, 5.41) is 10.8. The van der Waals surface area contributed by atoms with Gasteiger partial charge in [0.1, 0.15) is 11.4 Å². The molecule has 6 nitrogen and oxygen atoms in total. The molecule has 0 saturated carbocycles. The second kappa shape index (κ2) is 5.97. The zero-order valence-corrected chi connectivity index (χ0v) is 13.3. The molecule has 0 unspecified atom stereocenters. The highest BCUT2D eigenvalue weighted by atomic mass is 32.2. The van der Waals surface area contributed by atoms with Crippen LogP contribution in [0.2, 0.25) is 0 Å². The number of rotatable bonds is 3. The molecule has 3 aromatic rings. The molecule has 0 amide bonds. The Morgan fingerprint density at radius 1 is 1.04 bits per heavy atom. The van der Waals surface area contributed by atoms with E-state index in [0.717, 1.165) is 0 Å². The van der Waals surface area contributed by atoms with E-state index < -0.39 is 21.9 Å². The van der Waals surface area contributed by atoms with Gasteiger partial charge in [0.05, 0.1) is 16.2 Å². The topological polar surface area (TPSA) is 102 Å². The summed E-state index contributed by atoms with van der Waals surface area (Å²) in [6, 6.07) is 9.65. The van der Waals surface area contributed by atoms with Crippen molar-refractivity contribution in [1.82, 2.24) is 15.2 Å². The number of H-pyrrole nitrogens is 1. The molecule has 0 saturated heterocycles. The molecule has 0 bridgehead atoms. The highest BCUT2D eigenvalue weighted by Crippen LogP contribution is 2.40. The van der Waals surface area contributed by atoms with Crippen molar-refractivity contribution in [3.8, 4) is 22.5 Å². The number of aromatic amines is 1. The normalized spacial score (nSPS) is 12.3. The van der Waals surface area contributed by atoms with Crippen LogP contribution in [-0.4, -0.2) is 23.6 Å². The predicted molar refractivity (Wildman–Crippen MR) is 83.6 cm³/mol. The first kappa shape index (κ1) is 17.1. The molecular formula is C15H11F3N4O2S. The summed E-state index contributed by atoms with van der Waals surface area (Å²) in [6.07, 6.45) is -3.28. The third-order valence-electron chi connectivity index (χ3n) is 3.43. The molecule has 0 radical (unpaired) electrons. The summed E-state index contributed by atoms with van der Waals surface area (Å²) in [5.41, 5.74) is -0.853. The Bertz CT molecular complexity index is 998. The lowest BCUT2D eigenvalue weighted by Crippen LogP contribution is -2.11. The fraction of sp³-hybridized carbons (Fsp3) is 0.0667. The Balaban J connectivity index is 2.19. The number of benzene rings is 1. The van der Waals surface area contributed by atoms with Crippen LogP contribution in [-0.2, 0) is 16.2 Å². The molecule has 0 fully saturated rings. The lowest BCUT2D eigenvalue weighted by atomic mass is 10.0. The van der Waals surface area contributed by atoms with Crippen LogP contribution in [0.4, 0.5) is 13.2 Å². The van der Waals surface area contributed by atoms with Gasteiger partial charge in [-0.15, -0.1) is 0 Å². The highest BCUT2D eigenvalue weighted by molar-refractivity contribution is 7.89. The van der Waals surface area contributed by atoms with E-state index in [1.54, 1.807) is 12.1 Å². The average molecular weight is 368 g/mol. The summed E-state index contributed by atoms with van der Waals surface area (Å²) < 4.78 is 62.5. The third kappa shape index (κ3) is 3.39. The van der Waals surface area contributed by atoms with Crippen molar-refractivity contribution in [1.29, 1.82) is 0 Å². The van der Waals surface area contributed by atoms with Gasteiger partial charge >= 0.3 is 6.18 Å². The quantitative estimate of drug-likeness (QED) is 0.742. The van der Waals surface area contributed by atoms with Gasteiger partial charge in [-0.3, -0.25) is 10.1 Å². The Morgan fingerprint density at radius 3 is 2.24 bits per heavy atom. The molecule has 0 aliphatic heterocycles. The van der Waals surface area contributed by atoms with Crippen molar-refractivity contribution in [3.63, 3.8) is 0 Å². The molecular weight excluding hydrogens is 357 g/mol. The number of sulfonamides is 1. The van der Waals surface area contributed by atoms with E-state index in [9.17, 15) is 21.6 Å². The van der Waals surface area contributed by atoms with Crippen molar-refractivity contribution < 1.29 is 21.6 Å². The molecule has 1 aromatic carbocycles. The molecule has 10 heteroatoms. The fourth-order valence-corrected chi connectivity index (χ4v) is 2.83. The van der Waals surface area contributed by atoms with Crippen molar-refractivity contribution in [2.45, 2.75) is 11.1 Å². The van der Waals surface area contributed by atoms with Gasteiger partial charge in [-0.25, -0.2) is 13.6 Å². The highest BCUT2D eigenvalue weighted by Gasteiger charge is 2.38. The van der Waals surface area contributed by atoms with E-state index >= 15 is 0 Å². The maximum absolute atomic E-state index is 13.3. The Labute approximate surface area is 140 Å². The molecule has 3 N–H and O–H groups in total. The molecule has 130 valence electrons. The number of pyridine rings is 1. The van der Waals surface area contributed by atoms with E-state index in [-0.39, 0.29) is 21.8 Å². The van der Waals surface area contributed by atoms with Crippen molar-refractivity contribution in [3.05, 3.63) is 54.4 Å². The van der Waals surface area contributed by atoms with Crippen LogP contribution in [0.3, 0.4) is 0 Å². The maximum atomic E-state index is 13.3. The van der Waals surface area contributed by atoms with Crippen LogP contribution in [0, 0.1) is 0 Å². The van der Waals surface area contributed by atoms with Gasteiger partial charge < -0.3 is 0 Å². The number of aromatic nitrogens is 3. The zero-order chi connectivity index (χ0) is 18.2. The largest absolute Gasteiger partial charge is 0.433 e. The number of halogens is 3. The molecule has 25 heavy (non-hydrogen) atoms. The van der Waals surface area contributed by atoms with Crippen molar-refractivity contribution in [2.75, 3.05) is 0 Å². The third-order valence-corrected chi connectivity index (χ3v) is 4.36. The van der Waals surface area contributed by atoms with Crippen LogP contribution >= 0.6 is 0 Å². The van der Waals surface area contributed by atoms with Crippen LogP contribution < -0.4 is 5.14 Å². The Morgan fingerprint density at radius 2 is 1.72 bits per heavy atom. The van der Waals surface area contributed by atoms with Crippen molar-refractivity contribution in [2.24, 2.45) is 5.14 Å².